The molecular weight excluding hydrogens is 194 g/mol. The Morgan fingerprint density at radius 3 is 2.12 bits per heavy atom. The molecule has 0 N–H and O–H groups in total. The van der Waals surface area contributed by atoms with Crippen molar-refractivity contribution in [3.05, 3.63) is 12.2 Å². The Balaban J connectivity index is 2.24. The fourth-order valence-electron chi connectivity index (χ4n) is 2.73. The first-order valence-electron chi connectivity index (χ1n) is 6.83. The summed E-state index contributed by atoms with van der Waals surface area (Å²) in [6.45, 7) is 12.1. The van der Waals surface area contributed by atoms with Gasteiger partial charge in [0.05, 0.1) is 0 Å². The van der Waals surface area contributed by atoms with Crippen LogP contribution in [0.1, 0.15) is 52.9 Å². The summed E-state index contributed by atoms with van der Waals surface area (Å²) in [7, 11) is 2.25. The first-order valence-corrected chi connectivity index (χ1v) is 6.83. The Morgan fingerprint density at radius 1 is 1.19 bits per heavy atom. The van der Waals surface area contributed by atoms with Gasteiger partial charge in [-0.15, -0.1) is 6.58 Å². The topological polar surface area (TPSA) is 3.24 Å². The summed E-state index contributed by atoms with van der Waals surface area (Å²) in [6, 6.07) is 0.688. The van der Waals surface area contributed by atoms with Crippen molar-refractivity contribution >= 4 is 0 Å². The van der Waals surface area contributed by atoms with Crippen LogP contribution in [-0.2, 0) is 0 Å². The van der Waals surface area contributed by atoms with Gasteiger partial charge in [0.2, 0.25) is 0 Å². The molecule has 0 aromatic heterocycles. The molecular formula is C15H29N. The summed E-state index contributed by atoms with van der Waals surface area (Å²) in [5, 5.41) is 0. The maximum atomic E-state index is 4.03. The maximum absolute atomic E-state index is 4.03. The van der Waals surface area contributed by atoms with E-state index < -0.39 is 0 Å². The number of rotatable bonds is 5. The molecule has 0 aromatic carbocycles. The molecule has 0 radical (unpaired) electrons. The second kappa shape index (κ2) is 6.44. The van der Waals surface area contributed by atoms with Crippen LogP contribution in [0.2, 0.25) is 0 Å². The lowest BCUT2D eigenvalue weighted by Gasteiger charge is -2.32. The third-order valence-electron chi connectivity index (χ3n) is 4.03. The van der Waals surface area contributed by atoms with Crippen LogP contribution in [0, 0.1) is 11.8 Å². The zero-order valence-electron chi connectivity index (χ0n) is 11.6. The minimum absolute atomic E-state index is 0.688. The summed E-state index contributed by atoms with van der Waals surface area (Å²) < 4.78 is 0. The van der Waals surface area contributed by atoms with E-state index >= 15 is 0 Å². The van der Waals surface area contributed by atoms with Gasteiger partial charge < -0.3 is 4.90 Å². The van der Waals surface area contributed by atoms with Gasteiger partial charge >= 0.3 is 0 Å². The monoisotopic (exact) mass is 223 g/mol. The molecule has 0 saturated heterocycles. The lowest BCUT2D eigenvalue weighted by molar-refractivity contribution is 0.179. The SMILES string of the molecule is C=C(C)CC1CCC(CN(C)C(C)C)CC1. The highest BCUT2D eigenvalue weighted by Gasteiger charge is 2.22. The van der Waals surface area contributed by atoms with E-state index in [0.717, 1.165) is 11.8 Å². The van der Waals surface area contributed by atoms with Gasteiger partial charge in [0.1, 0.15) is 0 Å². The maximum Gasteiger partial charge on any atom is 0.00356 e. The van der Waals surface area contributed by atoms with Crippen LogP contribution in [0.25, 0.3) is 0 Å². The van der Waals surface area contributed by atoms with E-state index in [1.54, 1.807) is 0 Å². The van der Waals surface area contributed by atoms with Gasteiger partial charge in [-0.3, -0.25) is 0 Å². The largest absolute Gasteiger partial charge is 0.304 e. The molecule has 1 fully saturated rings. The van der Waals surface area contributed by atoms with E-state index in [4.69, 9.17) is 0 Å². The third kappa shape index (κ3) is 4.69. The van der Waals surface area contributed by atoms with Crippen LogP contribution in [-0.4, -0.2) is 24.5 Å². The van der Waals surface area contributed by atoms with Crippen molar-refractivity contribution in [2.45, 2.75) is 58.9 Å². The van der Waals surface area contributed by atoms with Crippen LogP contribution < -0.4 is 0 Å². The molecule has 0 unspecified atom stereocenters. The molecule has 16 heavy (non-hydrogen) atoms. The van der Waals surface area contributed by atoms with E-state index in [1.165, 1.54) is 44.2 Å². The van der Waals surface area contributed by atoms with Gasteiger partial charge in [-0.05, 0) is 71.8 Å². The van der Waals surface area contributed by atoms with Crippen molar-refractivity contribution in [2.24, 2.45) is 11.8 Å². The lowest BCUT2D eigenvalue weighted by Crippen LogP contribution is -2.33. The number of allylic oxidation sites excluding steroid dienone is 1. The predicted molar refractivity (Wildman–Crippen MR) is 72.6 cm³/mol. The van der Waals surface area contributed by atoms with E-state index in [1.807, 2.05) is 0 Å². The molecule has 1 aliphatic carbocycles. The van der Waals surface area contributed by atoms with Crippen molar-refractivity contribution in [1.29, 1.82) is 0 Å². The van der Waals surface area contributed by atoms with Crippen molar-refractivity contribution in [3.63, 3.8) is 0 Å². The summed E-state index contributed by atoms with van der Waals surface area (Å²) in [5.41, 5.74) is 1.36. The van der Waals surface area contributed by atoms with Crippen molar-refractivity contribution < 1.29 is 0 Å². The summed E-state index contributed by atoms with van der Waals surface area (Å²) in [4.78, 5) is 2.49. The molecule has 1 rings (SSSR count). The van der Waals surface area contributed by atoms with E-state index in [0.29, 0.717) is 6.04 Å². The third-order valence-corrected chi connectivity index (χ3v) is 4.03. The summed E-state index contributed by atoms with van der Waals surface area (Å²) in [5.74, 6) is 1.87. The second-order valence-corrected chi connectivity index (χ2v) is 6.08. The van der Waals surface area contributed by atoms with E-state index in [-0.39, 0.29) is 0 Å². The minimum Gasteiger partial charge on any atom is -0.304 e. The van der Waals surface area contributed by atoms with Crippen LogP contribution in [0.15, 0.2) is 12.2 Å². The van der Waals surface area contributed by atoms with E-state index in [9.17, 15) is 0 Å². The fourth-order valence-corrected chi connectivity index (χ4v) is 2.73. The van der Waals surface area contributed by atoms with Crippen molar-refractivity contribution in [1.82, 2.24) is 4.90 Å². The van der Waals surface area contributed by atoms with Crippen LogP contribution in [0.5, 0.6) is 0 Å². The summed E-state index contributed by atoms with van der Waals surface area (Å²) >= 11 is 0. The molecule has 0 bridgehead atoms. The minimum atomic E-state index is 0.688. The van der Waals surface area contributed by atoms with Gasteiger partial charge in [-0.25, -0.2) is 0 Å². The number of hydrogen-bond donors (Lipinski definition) is 0. The fraction of sp³-hybridized carbons (Fsp3) is 0.867. The van der Waals surface area contributed by atoms with Gasteiger partial charge in [0.25, 0.3) is 0 Å². The van der Waals surface area contributed by atoms with Gasteiger partial charge in [0, 0.05) is 12.6 Å². The highest BCUT2D eigenvalue weighted by atomic mass is 15.1. The second-order valence-electron chi connectivity index (χ2n) is 6.08. The average molecular weight is 223 g/mol. The Labute approximate surface area is 102 Å². The summed E-state index contributed by atoms with van der Waals surface area (Å²) in [6.07, 6.45) is 6.95. The Kier molecular flexibility index (Phi) is 5.54. The van der Waals surface area contributed by atoms with E-state index in [2.05, 4.69) is 39.3 Å². The van der Waals surface area contributed by atoms with Gasteiger partial charge in [-0.1, -0.05) is 5.57 Å². The molecule has 0 heterocycles. The Bertz CT molecular complexity index is 211. The molecule has 0 amide bonds. The molecule has 1 nitrogen and oxygen atoms in total. The average Bonchev–Trinajstić information content (AvgIpc) is 2.20. The Morgan fingerprint density at radius 2 is 1.69 bits per heavy atom. The highest BCUT2D eigenvalue weighted by molar-refractivity contribution is 4.91. The first kappa shape index (κ1) is 13.8. The molecule has 1 saturated carbocycles. The zero-order valence-corrected chi connectivity index (χ0v) is 11.6. The zero-order chi connectivity index (χ0) is 12.1. The van der Waals surface area contributed by atoms with Crippen LogP contribution >= 0.6 is 0 Å². The number of nitrogens with zero attached hydrogens (tertiary/aromatic N) is 1. The molecule has 0 aliphatic heterocycles. The van der Waals surface area contributed by atoms with Gasteiger partial charge in [-0.2, -0.15) is 0 Å². The number of hydrogen-bond acceptors (Lipinski definition) is 1. The lowest BCUT2D eigenvalue weighted by atomic mass is 9.79. The molecule has 94 valence electrons. The molecule has 1 heteroatoms. The molecule has 0 spiro atoms. The quantitative estimate of drug-likeness (QED) is 0.634. The Hall–Kier alpha value is -0.300. The van der Waals surface area contributed by atoms with Crippen molar-refractivity contribution in [2.75, 3.05) is 13.6 Å². The van der Waals surface area contributed by atoms with Gasteiger partial charge in [0.15, 0.2) is 0 Å². The van der Waals surface area contributed by atoms with Crippen LogP contribution in [0.3, 0.4) is 0 Å². The normalized spacial score (nSPS) is 26.4. The van der Waals surface area contributed by atoms with Crippen molar-refractivity contribution in [3.8, 4) is 0 Å². The smallest absolute Gasteiger partial charge is 0.00356 e. The molecule has 0 atom stereocenters. The standard InChI is InChI=1S/C15H29N/c1-12(2)10-14-6-8-15(9-7-14)11-16(5)13(3)4/h13-15H,1,6-11H2,2-5H3. The first-order chi connectivity index (χ1) is 7.49. The predicted octanol–water partition coefficient (Wildman–Crippen LogP) is 4.10. The molecule has 1 aliphatic rings. The van der Waals surface area contributed by atoms with Crippen LogP contribution in [0.4, 0.5) is 0 Å². The molecule has 0 aromatic rings. The highest BCUT2D eigenvalue weighted by Crippen LogP contribution is 2.32.